The summed E-state index contributed by atoms with van der Waals surface area (Å²) in [6.45, 7) is 3.77. The molecule has 2 amide bonds. The number of rotatable bonds is 5. The highest BCUT2D eigenvalue weighted by Crippen LogP contribution is 2.17. The number of hydrogen-bond donors (Lipinski definition) is 2. The molecule has 1 fully saturated rings. The molecule has 1 heterocycles. The summed E-state index contributed by atoms with van der Waals surface area (Å²) in [5.74, 6) is -0.688. The van der Waals surface area contributed by atoms with Gasteiger partial charge in [-0.1, -0.05) is 18.9 Å². The zero-order valence-corrected chi connectivity index (χ0v) is 15.6. The second-order valence-electron chi connectivity index (χ2n) is 7.02. The van der Waals surface area contributed by atoms with E-state index in [1.165, 1.54) is 12.1 Å². The Morgan fingerprint density at radius 2 is 1.85 bits per heavy atom. The highest BCUT2D eigenvalue weighted by molar-refractivity contribution is 6.02. The van der Waals surface area contributed by atoms with E-state index in [2.05, 4.69) is 15.7 Å². The van der Waals surface area contributed by atoms with Gasteiger partial charge in [0.2, 0.25) is 5.91 Å². The van der Waals surface area contributed by atoms with Crippen molar-refractivity contribution in [3.8, 4) is 0 Å². The minimum Gasteiger partial charge on any atom is -0.352 e. The standard InChI is InChI=1S/C20H24N4O3/c1-13-7-8-16(11-14(13)2)22-20(27)17-9-10-19(26)24(23-17)12-18(25)21-15-5-3-4-6-15/h7-11,15H,3-6,12H2,1-2H3,(H,21,25)(H,22,27). The van der Waals surface area contributed by atoms with Crippen molar-refractivity contribution in [2.75, 3.05) is 5.32 Å². The van der Waals surface area contributed by atoms with Gasteiger partial charge in [0.1, 0.15) is 12.2 Å². The second-order valence-corrected chi connectivity index (χ2v) is 7.02. The number of nitrogens with zero attached hydrogens (tertiary/aromatic N) is 2. The third-order valence-corrected chi connectivity index (χ3v) is 4.88. The minimum atomic E-state index is -0.428. The Morgan fingerprint density at radius 3 is 2.56 bits per heavy atom. The van der Waals surface area contributed by atoms with Crippen LogP contribution in [0.3, 0.4) is 0 Å². The van der Waals surface area contributed by atoms with Crippen molar-refractivity contribution in [3.63, 3.8) is 0 Å². The lowest BCUT2D eigenvalue weighted by Gasteiger charge is -2.13. The Labute approximate surface area is 157 Å². The van der Waals surface area contributed by atoms with Crippen molar-refractivity contribution in [1.29, 1.82) is 0 Å². The van der Waals surface area contributed by atoms with Gasteiger partial charge in [0.25, 0.3) is 11.5 Å². The van der Waals surface area contributed by atoms with E-state index in [4.69, 9.17) is 0 Å². The van der Waals surface area contributed by atoms with E-state index < -0.39 is 11.5 Å². The van der Waals surface area contributed by atoms with Gasteiger partial charge in [0, 0.05) is 17.8 Å². The van der Waals surface area contributed by atoms with Gasteiger partial charge in [-0.3, -0.25) is 14.4 Å². The maximum absolute atomic E-state index is 12.4. The van der Waals surface area contributed by atoms with Crippen LogP contribution < -0.4 is 16.2 Å². The molecule has 1 aromatic heterocycles. The van der Waals surface area contributed by atoms with Crippen LogP contribution in [0.15, 0.2) is 35.1 Å². The van der Waals surface area contributed by atoms with E-state index in [9.17, 15) is 14.4 Å². The van der Waals surface area contributed by atoms with E-state index >= 15 is 0 Å². The molecule has 0 bridgehead atoms. The van der Waals surface area contributed by atoms with Crippen LogP contribution in [0.25, 0.3) is 0 Å². The normalized spacial score (nSPS) is 14.1. The summed E-state index contributed by atoms with van der Waals surface area (Å²) in [5.41, 5.74) is 2.52. The van der Waals surface area contributed by atoms with E-state index in [1.807, 2.05) is 32.0 Å². The van der Waals surface area contributed by atoms with Gasteiger partial charge in [0.15, 0.2) is 0 Å². The van der Waals surface area contributed by atoms with Gasteiger partial charge in [0.05, 0.1) is 0 Å². The molecule has 27 heavy (non-hydrogen) atoms. The fourth-order valence-electron chi connectivity index (χ4n) is 3.18. The largest absolute Gasteiger partial charge is 0.352 e. The molecule has 2 aromatic rings. The summed E-state index contributed by atoms with van der Waals surface area (Å²) < 4.78 is 1.03. The van der Waals surface area contributed by atoms with Crippen molar-refractivity contribution in [3.05, 3.63) is 57.5 Å². The Balaban J connectivity index is 1.69. The topological polar surface area (TPSA) is 93.1 Å². The maximum atomic E-state index is 12.4. The minimum absolute atomic E-state index is 0.0847. The molecule has 1 aliphatic carbocycles. The number of anilines is 1. The molecule has 1 aliphatic rings. The van der Waals surface area contributed by atoms with E-state index in [1.54, 1.807) is 0 Å². The third-order valence-electron chi connectivity index (χ3n) is 4.88. The van der Waals surface area contributed by atoms with Crippen LogP contribution in [0.2, 0.25) is 0 Å². The molecular weight excluding hydrogens is 344 g/mol. The lowest BCUT2D eigenvalue weighted by Crippen LogP contribution is -2.38. The van der Waals surface area contributed by atoms with Crippen molar-refractivity contribution in [1.82, 2.24) is 15.1 Å². The lowest BCUT2D eigenvalue weighted by molar-refractivity contribution is -0.122. The molecule has 0 atom stereocenters. The van der Waals surface area contributed by atoms with Crippen LogP contribution in [0, 0.1) is 13.8 Å². The van der Waals surface area contributed by atoms with E-state index in [0.717, 1.165) is 41.5 Å². The second kappa shape index (κ2) is 8.16. The number of hydrogen-bond acceptors (Lipinski definition) is 4. The molecule has 0 saturated heterocycles. The Morgan fingerprint density at radius 1 is 1.11 bits per heavy atom. The van der Waals surface area contributed by atoms with Gasteiger partial charge >= 0.3 is 0 Å². The first kappa shape index (κ1) is 18.8. The fourth-order valence-corrected chi connectivity index (χ4v) is 3.18. The number of amides is 2. The average molecular weight is 368 g/mol. The average Bonchev–Trinajstić information content (AvgIpc) is 3.13. The van der Waals surface area contributed by atoms with Crippen LogP contribution >= 0.6 is 0 Å². The number of aromatic nitrogens is 2. The van der Waals surface area contributed by atoms with Crippen molar-refractivity contribution >= 4 is 17.5 Å². The Kier molecular flexibility index (Phi) is 5.69. The smallest absolute Gasteiger partial charge is 0.276 e. The molecule has 0 unspecified atom stereocenters. The summed E-state index contributed by atoms with van der Waals surface area (Å²) in [4.78, 5) is 36.6. The molecule has 142 valence electrons. The van der Waals surface area contributed by atoms with Gasteiger partial charge in [-0.05, 0) is 56.0 Å². The monoisotopic (exact) mass is 368 g/mol. The Hall–Kier alpha value is -2.96. The molecule has 7 heteroatoms. The third kappa shape index (κ3) is 4.81. The molecule has 0 spiro atoms. The summed E-state index contributed by atoms with van der Waals surface area (Å²) >= 11 is 0. The summed E-state index contributed by atoms with van der Waals surface area (Å²) in [7, 11) is 0. The predicted octanol–water partition coefficient (Wildman–Crippen LogP) is 2.17. The van der Waals surface area contributed by atoms with Crippen LogP contribution in [-0.2, 0) is 11.3 Å². The predicted molar refractivity (Wildman–Crippen MR) is 103 cm³/mol. The highest BCUT2D eigenvalue weighted by atomic mass is 16.2. The van der Waals surface area contributed by atoms with Crippen LogP contribution in [0.1, 0.15) is 47.3 Å². The number of carbonyl (C=O) groups is 2. The summed E-state index contributed by atoms with van der Waals surface area (Å²) in [6.07, 6.45) is 4.15. The molecule has 1 aromatic carbocycles. The van der Waals surface area contributed by atoms with Crippen molar-refractivity contribution in [2.24, 2.45) is 0 Å². The molecule has 7 nitrogen and oxygen atoms in total. The summed E-state index contributed by atoms with van der Waals surface area (Å²) in [5, 5.41) is 9.74. The van der Waals surface area contributed by atoms with Crippen LogP contribution in [0.5, 0.6) is 0 Å². The summed E-state index contributed by atoms with van der Waals surface area (Å²) in [6, 6.07) is 8.40. The molecule has 1 saturated carbocycles. The first-order chi connectivity index (χ1) is 12.9. The van der Waals surface area contributed by atoms with E-state index in [0.29, 0.717) is 5.69 Å². The zero-order valence-electron chi connectivity index (χ0n) is 15.6. The first-order valence-electron chi connectivity index (χ1n) is 9.18. The number of nitrogens with one attached hydrogen (secondary N) is 2. The SMILES string of the molecule is Cc1ccc(NC(=O)c2ccc(=O)n(CC(=O)NC3CCCC3)n2)cc1C. The molecule has 0 radical (unpaired) electrons. The number of benzene rings is 1. The van der Waals surface area contributed by atoms with Gasteiger partial charge in [-0.15, -0.1) is 0 Å². The van der Waals surface area contributed by atoms with Gasteiger partial charge in [-0.2, -0.15) is 5.10 Å². The fraction of sp³-hybridized carbons (Fsp3) is 0.400. The van der Waals surface area contributed by atoms with Crippen LogP contribution in [-0.4, -0.2) is 27.6 Å². The quantitative estimate of drug-likeness (QED) is 0.846. The number of carbonyl (C=O) groups excluding carboxylic acids is 2. The highest BCUT2D eigenvalue weighted by Gasteiger charge is 2.18. The van der Waals surface area contributed by atoms with Gasteiger partial charge in [-0.25, -0.2) is 4.68 Å². The van der Waals surface area contributed by atoms with E-state index in [-0.39, 0.29) is 24.2 Å². The van der Waals surface area contributed by atoms with Crippen LogP contribution in [0.4, 0.5) is 5.69 Å². The molecule has 0 aliphatic heterocycles. The maximum Gasteiger partial charge on any atom is 0.276 e. The Bertz CT molecular complexity index is 914. The molecule has 3 rings (SSSR count). The molecular formula is C20H24N4O3. The number of aryl methyl sites for hydroxylation is 2. The van der Waals surface area contributed by atoms with Gasteiger partial charge < -0.3 is 10.6 Å². The zero-order chi connectivity index (χ0) is 19.4. The molecule has 2 N–H and O–H groups in total. The lowest BCUT2D eigenvalue weighted by atomic mass is 10.1. The van der Waals surface area contributed by atoms with Crippen molar-refractivity contribution < 1.29 is 9.59 Å². The first-order valence-corrected chi connectivity index (χ1v) is 9.18. The van der Waals surface area contributed by atoms with Crippen molar-refractivity contribution in [2.45, 2.75) is 52.1 Å².